The molecular formula is C23H30N4O5S. The predicted molar refractivity (Wildman–Crippen MR) is 127 cm³/mol. The summed E-state index contributed by atoms with van der Waals surface area (Å²) in [5.41, 5.74) is 2.16. The topological polar surface area (TPSA) is 105 Å². The number of nitrogens with two attached hydrogens (primary N) is 1. The Labute approximate surface area is 194 Å². The van der Waals surface area contributed by atoms with E-state index in [1.54, 1.807) is 18.1 Å². The van der Waals surface area contributed by atoms with Crippen molar-refractivity contribution in [3.63, 3.8) is 0 Å². The van der Waals surface area contributed by atoms with Gasteiger partial charge in [-0.3, -0.25) is 4.79 Å². The lowest BCUT2D eigenvalue weighted by atomic mass is 10.1. The van der Waals surface area contributed by atoms with E-state index in [9.17, 15) is 13.2 Å². The van der Waals surface area contributed by atoms with E-state index in [4.69, 9.17) is 14.6 Å². The molecule has 2 heterocycles. The van der Waals surface area contributed by atoms with E-state index >= 15 is 0 Å². The normalized spacial score (nSPS) is 17.6. The van der Waals surface area contributed by atoms with Gasteiger partial charge in [0.05, 0.1) is 30.8 Å². The van der Waals surface area contributed by atoms with E-state index in [2.05, 4.69) is 9.80 Å². The summed E-state index contributed by atoms with van der Waals surface area (Å²) in [6, 6.07) is 12.4. The van der Waals surface area contributed by atoms with Gasteiger partial charge in [-0.25, -0.2) is 13.6 Å². The molecule has 0 atom stereocenters. The first-order chi connectivity index (χ1) is 15.9. The number of hydrogen-bond donors (Lipinski definition) is 1. The van der Waals surface area contributed by atoms with Gasteiger partial charge in [0.25, 0.3) is 5.91 Å². The molecule has 33 heavy (non-hydrogen) atoms. The molecule has 0 bridgehead atoms. The molecule has 10 heteroatoms. The zero-order chi connectivity index (χ0) is 23.4. The highest BCUT2D eigenvalue weighted by Crippen LogP contribution is 2.27. The summed E-state index contributed by atoms with van der Waals surface area (Å²) in [5.74, 6) is 0.620. The summed E-state index contributed by atoms with van der Waals surface area (Å²) in [6.45, 7) is 5.03. The van der Waals surface area contributed by atoms with Gasteiger partial charge in [0, 0.05) is 50.6 Å². The van der Waals surface area contributed by atoms with E-state index in [0.29, 0.717) is 57.2 Å². The van der Waals surface area contributed by atoms with Crippen LogP contribution in [0, 0.1) is 0 Å². The Bertz CT molecular complexity index is 1080. The molecule has 0 aromatic heterocycles. The number of anilines is 2. The van der Waals surface area contributed by atoms with E-state index in [1.807, 2.05) is 24.3 Å². The summed E-state index contributed by atoms with van der Waals surface area (Å²) in [5, 5.41) is 5.36. The number of methoxy groups -OCH3 is 1. The maximum atomic E-state index is 13.6. The number of ether oxygens (including phenoxy) is 2. The Hall–Kier alpha value is -2.82. The molecule has 2 aliphatic heterocycles. The molecule has 4 rings (SSSR count). The van der Waals surface area contributed by atoms with Gasteiger partial charge in [-0.1, -0.05) is 0 Å². The molecule has 178 valence electrons. The van der Waals surface area contributed by atoms with Crippen molar-refractivity contribution in [2.45, 2.75) is 11.3 Å². The summed E-state index contributed by atoms with van der Waals surface area (Å²) in [4.78, 5) is 19.7. The summed E-state index contributed by atoms with van der Waals surface area (Å²) < 4.78 is 34.6. The second-order valence-corrected chi connectivity index (χ2v) is 9.72. The van der Waals surface area contributed by atoms with Gasteiger partial charge in [-0.05, 0) is 48.9 Å². The highest BCUT2D eigenvalue weighted by atomic mass is 32.2. The van der Waals surface area contributed by atoms with Gasteiger partial charge < -0.3 is 24.2 Å². The Morgan fingerprint density at radius 1 is 0.939 bits per heavy atom. The predicted octanol–water partition coefficient (Wildman–Crippen LogP) is 1.53. The fourth-order valence-corrected chi connectivity index (χ4v) is 4.83. The van der Waals surface area contributed by atoms with Crippen LogP contribution in [0.1, 0.15) is 16.8 Å². The molecule has 1 amide bonds. The second kappa shape index (κ2) is 9.98. The zero-order valence-electron chi connectivity index (χ0n) is 18.8. The SMILES string of the molecule is COc1ccc(N2CCCN(C(=O)c3cc(S(N)(=O)=O)ccc3N3CCOCC3)CC2)cc1. The van der Waals surface area contributed by atoms with Crippen LogP contribution in [0.4, 0.5) is 11.4 Å². The first kappa shape index (κ1) is 23.3. The maximum Gasteiger partial charge on any atom is 0.256 e. The van der Waals surface area contributed by atoms with Crippen molar-refractivity contribution in [3.8, 4) is 5.75 Å². The molecule has 0 unspecified atom stereocenters. The minimum absolute atomic E-state index is 0.0578. The molecule has 0 aliphatic carbocycles. The number of benzene rings is 2. The Morgan fingerprint density at radius 2 is 1.67 bits per heavy atom. The summed E-state index contributed by atoms with van der Waals surface area (Å²) in [6.07, 6.45) is 0.805. The third-order valence-electron chi connectivity index (χ3n) is 6.10. The molecule has 2 aliphatic rings. The highest BCUT2D eigenvalue weighted by Gasteiger charge is 2.26. The number of primary sulfonamides is 1. The highest BCUT2D eigenvalue weighted by molar-refractivity contribution is 7.89. The molecular weight excluding hydrogens is 444 g/mol. The molecule has 2 N–H and O–H groups in total. The van der Waals surface area contributed by atoms with Crippen molar-refractivity contribution in [2.24, 2.45) is 5.14 Å². The van der Waals surface area contributed by atoms with Gasteiger partial charge in [0.2, 0.25) is 10.0 Å². The fourth-order valence-electron chi connectivity index (χ4n) is 4.29. The van der Waals surface area contributed by atoms with Crippen LogP contribution in [0.15, 0.2) is 47.4 Å². The number of amides is 1. The average Bonchev–Trinajstić information content (AvgIpc) is 3.10. The maximum absolute atomic E-state index is 13.6. The van der Waals surface area contributed by atoms with Crippen LogP contribution in [0.5, 0.6) is 5.75 Å². The first-order valence-electron chi connectivity index (χ1n) is 11.0. The lowest BCUT2D eigenvalue weighted by Gasteiger charge is -2.31. The number of hydrogen-bond acceptors (Lipinski definition) is 7. The van der Waals surface area contributed by atoms with E-state index < -0.39 is 10.0 Å². The van der Waals surface area contributed by atoms with Crippen molar-refractivity contribution in [1.29, 1.82) is 0 Å². The average molecular weight is 475 g/mol. The number of sulfonamides is 1. The largest absolute Gasteiger partial charge is 0.497 e. The van der Waals surface area contributed by atoms with E-state index in [1.165, 1.54) is 12.1 Å². The number of rotatable bonds is 5. The summed E-state index contributed by atoms with van der Waals surface area (Å²) >= 11 is 0. The molecule has 2 aromatic rings. The molecule has 2 saturated heterocycles. The second-order valence-electron chi connectivity index (χ2n) is 8.15. The van der Waals surface area contributed by atoms with Crippen molar-refractivity contribution >= 4 is 27.3 Å². The van der Waals surface area contributed by atoms with Crippen LogP contribution in [0.3, 0.4) is 0 Å². The quantitative estimate of drug-likeness (QED) is 0.701. The van der Waals surface area contributed by atoms with E-state index in [-0.39, 0.29) is 10.8 Å². The van der Waals surface area contributed by atoms with Crippen molar-refractivity contribution < 1.29 is 22.7 Å². The van der Waals surface area contributed by atoms with Crippen LogP contribution in [0.25, 0.3) is 0 Å². The Kier molecular flexibility index (Phi) is 7.06. The molecule has 0 spiro atoms. The molecule has 0 radical (unpaired) electrons. The van der Waals surface area contributed by atoms with Gasteiger partial charge in [0.15, 0.2) is 0 Å². The number of carbonyl (C=O) groups excluding carboxylic acids is 1. The first-order valence-corrected chi connectivity index (χ1v) is 12.6. The minimum Gasteiger partial charge on any atom is -0.497 e. The third kappa shape index (κ3) is 5.40. The van der Waals surface area contributed by atoms with Gasteiger partial charge >= 0.3 is 0 Å². The smallest absolute Gasteiger partial charge is 0.256 e. The van der Waals surface area contributed by atoms with Crippen LogP contribution in [-0.4, -0.2) is 78.8 Å². The number of carbonyl (C=O) groups is 1. The molecule has 9 nitrogen and oxygen atoms in total. The standard InChI is InChI=1S/C23H30N4O5S/c1-31-19-5-3-18(4-6-19)25-9-2-10-27(12-11-25)23(28)21-17-20(33(24,29)30)7-8-22(21)26-13-15-32-16-14-26/h3-8,17H,2,9-16H2,1H3,(H2,24,29,30). The van der Waals surface area contributed by atoms with Crippen LogP contribution >= 0.6 is 0 Å². The van der Waals surface area contributed by atoms with Gasteiger partial charge in [-0.15, -0.1) is 0 Å². The van der Waals surface area contributed by atoms with Crippen LogP contribution in [0.2, 0.25) is 0 Å². The Balaban J connectivity index is 1.57. The Morgan fingerprint density at radius 3 is 2.33 bits per heavy atom. The number of morpholine rings is 1. The minimum atomic E-state index is -3.93. The molecule has 0 saturated carbocycles. The van der Waals surface area contributed by atoms with Crippen LogP contribution < -0.4 is 19.7 Å². The van der Waals surface area contributed by atoms with E-state index in [0.717, 1.165) is 24.4 Å². The fraction of sp³-hybridized carbons (Fsp3) is 0.435. The van der Waals surface area contributed by atoms with Crippen molar-refractivity contribution in [3.05, 3.63) is 48.0 Å². The monoisotopic (exact) mass is 474 g/mol. The van der Waals surface area contributed by atoms with Gasteiger partial charge in [0.1, 0.15) is 5.75 Å². The van der Waals surface area contributed by atoms with Crippen molar-refractivity contribution in [2.75, 3.05) is 69.4 Å². The summed E-state index contributed by atoms with van der Waals surface area (Å²) in [7, 11) is -2.29. The van der Waals surface area contributed by atoms with Crippen molar-refractivity contribution in [1.82, 2.24) is 4.90 Å². The number of nitrogens with zero attached hydrogens (tertiary/aromatic N) is 3. The lowest BCUT2D eigenvalue weighted by molar-refractivity contribution is 0.0766. The third-order valence-corrected chi connectivity index (χ3v) is 7.01. The zero-order valence-corrected chi connectivity index (χ0v) is 19.6. The molecule has 2 fully saturated rings. The van der Waals surface area contributed by atoms with Crippen LogP contribution in [-0.2, 0) is 14.8 Å². The lowest BCUT2D eigenvalue weighted by Crippen LogP contribution is -2.39. The van der Waals surface area contributed by atoms with Gasteiger partial charge in [-0.2, -0.15) is 0 Å². The molecule has 2 aromatic carbocycles.